The molecule has 0 bridgehead atoms. The summed E-state index contributed by atoms with van der Waals surface area (Å²) >= 11 is 0. The van der Waals surface area contributed by atoms with Crippen molar-refractivity contribution < 1.29 is 18.7 Å². The third-order valence-corrected chi connectivity index (χ3v) is 4.98. The molecule has 3 heterocycles. The van der Waals surface area contributed by atoms with E-state index >= 15 is 0 Å². The zero-order valence-corrected chi connectivity index (χ0v) is 17.6. The van der Waals surface area contributed by atoms with Crippen LogP contribution < -0.4 is 5.32 Å². The second kappa shape index (κ2) is 8.52. The summed E-state index contributed by atoms with van der Waals surface area (Å²) in [6, 6.07) is 7.83. The van der Waals surface area contributed by atoms with Crippen LogP contribution in [-0.2, 0) is 14.3 Å². The van der Waals surface area contributed by atoms with Crippen molar-refractivity contribution in [3.63, 3.8) is 0 Å². The Hall–Kier alpha value is -3.17. The molecule has 1 aliphatic heterocycles. The summed E-state index contributed by atoms with van der Waals surface area (Å²) in [7, 11) is 0. The third kappa shape index (κ3) is 4.47. The van der Waals surface area contributed by atoms with E-state index < -0.39 is 11.7 Å². The van der Waals surface area contributed by atoms with Crippen molar-refractivity contribution in [3.8, 4) is 22.6 Å². The van der Waals surface area contributed by atoms with Crippen molar-refractivity contribution in [2.24, 2.45) is 5.41 Å². The van der Waals surface area contributed by atoms with Crippen LogP contribution in [0.5, 0.6) is 0 Å². The molecule has 9 heteroatoms. The van der Waals surface area contributed by atoms with Crippen LogP contribution in [-0.4, -0.2) is 45.1 Å². The quantitative estimate of drug-likeness (QED) is 0.651. The van der Waals surface area contributed by atoms with Crippen molar-refractivity contribution in [2.45, 2.75) is 33.1 Å². The van der Waals surface area contributed by atoms with Crippen LogP contribution in [0.3, 0.4) is 0 Å². The van der Waals surface area contributed by atoms with Crippen LogP contribution in [0.1, 0.15) is 32.9 Å². The fraction of sp³-hybridized carbons (Fsp3) is 0.364. The Kier molecular flexibility index (Phi) is 5.79. The molecule has 0 radical (unpaired) electrons. The van der Waals surface area contributed by atoms with Gasteiger partial charge >= 0.3 is 0 Å². The van der Waals surface area contributed by atoms with Gasteiger partial charge in [-0.05, 0) is 51.1 Å². The van der Waals surface area contributed by atoms with E-state index in [1.54, 1.807) is 31.3 Å². The molecule has 2 N–H and O–H groups in total. The summed E-state index contributed by atoms with van der Waals surface area (Å²) in [6.45, 7) is 5.99. The highest BCUT2D eigenvalue weighted by molar-refractivity contribution is 5.83. The SMILES string of the molecule is CC(C)NC(=O)C1(C)COC(c2nc(-c3ccc(F)cc3)c(-c3ccncn3)[nH]2)OC1. The number of H-pyrrole nitrogens is 1. The first-order valence-electron chi connectivity index (χ1n) is 10.0. The maximum absolute atomic E-state index is 13.4. The Bertz CT molecular complexity index is 1040. The minimum Gasteiger partial charge on any atom is -0.353 e. The van der Waals surface area contributed by atoms with E-state index in [0.717, 1.165) is 5.56 Å². The van der Waals surface area contributed by atoms with Gasteiger partial charge in [0.1, 0.15) is 12.1 Å². The molecule has 31 heavy (non-hydrogen) atoms. The lowest BCUT2D eigenvalue weighted by molar-refractivity contribution is -0.231. The smallest absolute Gasteiger partial charge is 0.230 e. The van der Waals surface area contributed by atoms with Crippen LogP contribution in [0, 0.1) is 11.2 Å². The standard InChI is InChI=1S/C22H24FN5O3/c1-13(2)26-21(29)22(3)10-30-20(31-11-22)19-27-17(14-4-6-15(23)7-5-14)18(28-19)16-8-9-24-12-25-16/h4-9,12-13,20H,10-11H2,1-3H3,(H,26,29)(H,27,28). The Morgan fingerprint density at radius 3 is 2.55 bits per heavy atom. The summed E-state index contributed by atoms with van der Waals surface area (Å²) in [4.78, 5) is 28.6. The largest absolute Gasteiger partial charge is 0.353 e. The summed E-state index contributed by atoms with van der Waals surface area (Å²) in [5.41, 5.74) is 1.79. The molecule has 1 fully saturated rings. The number of nitrogens with zero attached hydrogens (tertiary/aromatic N) is 3. The monoisotopic (exact) mass is 425 g/mol. The lowest BCUT2D eigenvalue weighted by Crippen LogP contribution is -2.50. The zero-order chi connectivity index (χ0) is 22.0. The molecule has 8 nitrogen and oxygen atoms in total. The fourth-order valence-corrected chi connectivity index (χ4v) is 3.28. The number of carbonyl (C=O) groups excluding carboxylic acids is 1. The zero-order valence-electron chi connectivity index (χ0n) is 17.6. The molecule has 0 aliphatic carbocycles. The number of carbonyl (C=O) groups is 1. The van der Waals surface area contributed by atoms with Crippen molar-refractivity contribution in [1.82, 2.24) is 25.3 Å². The minimum atomic E-state index is -0.789. The highest BCUT2D eigenvalue weighted by atomic mass is 19.1. The Labute approximate surface area is 179 Å². The van der Waals surface area contributed by atoms with E-state index in [4.69, 9.17) is 9.47 Å². The molecular weight excluding hydrogens is 401 g/mol. The Balaban J connectivity index is 1.61. The number of aromatic nitrogens is 4. The van der Waals surface area contributed by atoms with Gasteiger partial charge in [0.05, 0.1) is 35.7 Å². The number of ether oxygens (including phenoxy) is 2. The number of benzene rings is 1. The summed E-state index contributed by atoms with van der Waals surface area (Å²) in [5.74, 6) is -0.00525. The molecule has 0 spiro atoms. The van der Waals surface area contributed by atoms with Crippen molar-refractivity contribution >= 4 is 5.91 Å². The molecule has 1 aromatic carbocycles. The van der Waals surface area contributed by atoms with E-state index in [0.29, 0.717) is 22.9 Å². The minimum absolute atomic E-state index is 0.0285. The topological polar surface area (TPSA) is 102 Å². The highest BCUT2D eigenvalue weighted by Gasteiger charge is 2.41. The first-order chi connectivity index (χ1) is 14.9. The van der Waals surface area contributed by atoms with Crippen LogP contribution in [0.25, 0.3) is 22.6 Å². The van der Waals surface area contributed by atoms with Gasteiger partial charge in [0.25, 0.3) is 0 Å². The summed E-state index contributed by atoms with van der Waals surface area (Å²) in [5, 5.41) is 2.90. The van der Waals surface area contributed by atoms with Gasteiger partial charge in [-0.25, -0.2) is 19.3 Å². The Morgan fingerprint density at radius 2 is 1.94 bits per heavy atom. The van der Waals surface area contributed by atoms with Crippen LogP contribution in [0.2, 0.25) is 0 Å². The van der Waals surface area contributed by atoms with E-state index in [1.807, 2.05) is 13.8 Å². The van der Waals surface area contributed by atoms with Gasteiger partial charge in [0, 0.05) is 17.8 Å². The molecule has 1 saturated heterocycles. The predicted octanol–water partition coefficient (Wildman–Crippen LogP) is 3.25. The summed E-state index contributed by atoms with van der Waals surface area (Å²) < 4.78 is 25.2. The average Bonchev–Trinajstić information content (AvgIpc) is 3.20. The van der Waals surface area contributed by atoms with E-state index in [2.05, 4.69) is 25.3 Å². The van der Waals surface area contributed by atoms with Gasteiger partial charge in [-0.2, -0.15) is 0 Å². The van der Waals surface area contributed by atoms with Gasteiger partial charge in [0.2, 0.25) is 12.2 Å². The number of halogens is 1. The highest BCUT2D eigenvalue weighted by Crippen LogP contribution is 2.35. The molecule has 0 unspecified atom stereocenters. The first-order valence-corrected chi connectivity index (χ1v) is 10.0. The predicted molar refractivity (Wildman–Crippen MR) is 111 cm³/mol. The van der Waals surface area contributed by atoms with E-state index in [9.17, 15) is 9.18 Å². The van der Waals surface area contributed by atoms with Gasteiger partial charge in [-0.15, -0.1) is 0 Å². The van der Waals surface area contributed by atoms with Gasteiger partial charge in [-0.3, -0.25) is 4.79 Å². The number of imidazole rings is 1. The first kappa shape index (κ1) is 21.1. The normalized spacial score (nSPS) is 21.3. The van der Waals surface area contributed by atoms with Gasteiger partial charge in [-0.1, -0.05) is 0 Å². The summed E-state index contributed by atoms with van der Waals surface area (Å²) in [6.07, 6.45) is 2.30. The number of rotatable bonds is 5. The number of aromatic amines is 1. The molecular formula is C22H24FN5O3. The van der Waals surface area contributed by atoms with Crippen LogP contribution in [0.4, 0.5) is 4.39 Å². The maximum Gasteiger partial charge on any atom is 0.230 e. The molecule has 0 saturated carbocycles. The molecule has 1 aliphatic rings. The number of nitrogens with one attached hydrogen (secondary N) is 2. The van der Waals surface area contributed by atoms with Crippen LogP contribution in [0.15, 0.2) is 42.9 Å². The molecule has 2 aromatic heterocycles. The third-order valence-electron chi connectivity index (χ3n) is 4.98. The van der Waals surface area contributed by atoms with Crippen molar-refractivity contribution in [2.75, 3.05) is 13.2 Å². The maximum atomic E-state index is 13.4. The van der Waals surface area contributed by atoms with Crippen LogP contribution >= 0.6 is 0 Å². The van der Waals surface area contributed by atoms with Gasteiger partial charge < -0.3 is 19.8 Å². The average molecular weight is 425 g/mol. The Morgan fingerprint density at radius 1 is 1.23 bits per heavy atom. The molecule has 3 aromatic rings. The number of amides is 1. The van der Waals surface area contributed by atoms with Gasteiger partial charge in [0.15, 0.2) is 5.82 Å². The van der Waals surface area contributed by atoms with Crippen molar-refractivity contribution in [3.05, 3.63) is 54.5 Å². The molecule has 0 atom stereocenters. The van der Waals surface area contributed by atoms with E-state index in [-0.39, 0.29) is 31.0 Å². The van der Waals surface area contributed by atoms with E-state index in [1.165, 1.54) is 18.5 Å². The van der Waals surface area contributed by atoms with Crippen molar-refractivity contribution in [1.29, 1.82) is 0 Å². The second-order valence-electron chi connectivity index (χ2n) is 8.09. The lowest BCUT2D eigenvalue weighted by Gasteiger charge is -2.35. The molecule has 4 rings (SSSR count). The molecule has 162 valence electrons. The fourth-order valence-electron chi connectivity index (χ4n) is 3.28. The molecule has 1 amide bonds. The second-order valence-corrected chi connectivity index (χ2v) is 8.09. The lowest BCUT2D eigenvalue weighted by atomic mass is 9.90. The number of hydrogen-bond acceptors (Lipinski definition) is 6. The number of hydrogen-bond donors (Lipinski definition) is 2.